The predicted molar refractivity (Wildman–Crippen MR) is 82.7 cm³/mol. The lowest BCUT2D eigenvalue weighted by Gasteiger charge is -2.38. The Labute approximate surface area is 130 Å². The third kappa shape index (κ3) is 3.83. The first-order chi connectivity index (χ1) is 10.2. The second-order valence-electron chi connectivity index (χ2n) is 6.64. The quantitative estimate of drug-likeness (QED) is 0.908. The van der Waals surface area contributed by atoms with E-state index in [2.05, 4.69) is 13.8 Å². The van der Waals surface area contributed by atoms with Gasteiger partial charge in [-0.1, -0.05) is 38.1 Å². The minimum Gasteiger partial charge on any atom is -0.340 e. The van der Waals surface area contributed by atoms with Crippen molar-refractivity contribution in [1.82, 2.24) is 4.90 Å². The number of carbonyl (C=O) groups excluding carboxylic acids is 1. The van der Waals surface area contributed by atoms with E-state index in [9.17, 15) is 13.6 Å². The number of nitrogens with zero attached hydrogens (tertiary/aromatic N) is 1. The highest BCUT2D eigenvalue weighted by molar-refractivity contribution is 5.82. The maximum atomic E-state index is 12.9. The summed E-state index contributed by atoms with van der Waals surface area (Å²) in [6.45, 7) is 4.68. The zero-order valence-electron chi connectivity index (χ0n) is 13.4. The average Bonchev–Trinajstić information content (AvgIpc) is 2.43. The SMILES string of the molecule is CC(C)c1ccc(CN(C)C(=O)C(N)C2CC(F)(F)C2)cc1. The molecule has 1 fully saturated rings. The fourth-order valence-corrected chi connectivity index (χ4v) is 2.78. The fraction of sp³-hybridized carbons (Fsp3) is 0.588. The van der Waals surface area contributed by atoms with Gasteiger partial charge in [0.05, 0.1) is 6.04 Å². The third-order valence-electron chi connectivity index (χ3n) is 4.36. The van der Waals surface area contributed by atoms with Gasteiger partial charge in [0.15, 0.2) is 0 Å². The number of hydrogen-bond donors (Lipinski definition) is 1. The van der Waals surface area contributed by atoms with Crippen molar-refractivity contribution in [1.29, 1.82) is 0 Å². The number of halogens is 2. The number of benzene rings is 1. The molecule has 1 amide bonds. The van der Waals surface area contributed by atoms with Gasteiger partial charge in [0.25, 0.3) is 0 Å². The molecule has 1 aromatic carbocycles. The Kier molecular flexibility index (Phi) is 4.85. The van der Waals surface area contributed by atoms with E-state index in [1.807, 2.05) is 24.3 Å². The molecule has 0 radical (unpaired) electrons. The van der Waals surface area contributed by atoms with Crippen molar-refractivity contribution < 1.29 is 13.6 Å². The van der Waals surface area contributed by atoms with Crippen molar-refractivity contribution in [2.24, 2.45) is 11.7 Å². The molecular formula is C17H24F2N2O. The smallest absolute Gasteiger partial charge is 0.248 e. The molecule has 0 spiro atoms. The second-order valence-corrected chi connectivity index (χ2v) is 6.64. The van der Waals surface area contributed by atoms with E-state index in [4.69, 9.17) is 5.73 Å². The molecule has 1 saturated carbocycles. The Morgan fingerprint density at radius 2 is 1.86 bits per heavy atom. The highest BCUT2D eigenvalue weighted by atomic mass is 19.3. The minimum absolute atomic E-state index is 0.270. The molecule has 1 aliphatic carbocycles. The summed E-state index contributed by atoms with van der Waals surface area (Å²) < 4.78 is 25.8. The maximum Gasteiger partial charge on any atom is 0.248 e. The Morgan fingerprint density at radius 1 is 1.32 bits per heavy atom. The van der Waals surface area contributed by atoms with Gasteiger partial charge in [0.1, 0.15) is 0 Å². The zero-order chi connectivity index (χ0) is 16.5. The van der Waals surface area contributed by atoms with Crippen molar-refractivity contribution in [2.75, 3.05) is 7.05 Å². The Hall–Kier alpha value is -1.49. The van der Waals surface area contributed by atoms with Gasteiger partial charge < -0.3 is 10.6 Å². The Morgan fingerprint density at radius 3 is 2.32 bits per heavy atom. The van der Waals surface area contributed by atoms with Crippen molar-refractivity contribution in [3.8, 4) is 0 Å². The fourth-order valence-electron chi connectivity index (χ4n) is 2.78. The molecule has 3 nitrogen and oxygen atoms in total. The number of hydrogen-bond acceptors (Lipinski definition) is 2. The van der Waals surface area contributed by atoms with E-state index < -0.39 is 17.9 Å². The summed E-state index contributed by atoms with van der Waals surface area (Å²) in [5, 5.41) is 0. The van der Waals surface area contributed by atoms with E-state index in [1.165, 1.54) is 10.5 Å². The van der Waals surface area contributed by atoms with Crippen LogP contribution < -0.4 is 5.73 Å². The van der Waals surface area contributed by atoms with Crippen LogP contribution in [0.3, 0.4) is 0 Å². The molecule has 1 aliphatic rings. The minimum atomic E-state index is -2.65. The molecule has 0 heterocycles. The molecule has 0 saturated heterocycles. The van der Waals surface area contributed by atoms with Gasteiger partial charge in [-0.05, 0) is 23.0 Å². The number of nitrogens with two attached hydrogens (primary N) is 1. The average molecular weight is 310 g/mol. The summed E-state index contributed by atoms with van der Waals surface area (Å²) in [6.07, 6.45) is -0.562. The lowest BCUT2D eigenvalue weighted by molar-refractivity contribution is -0.145. The largest absolute Gasteiger partial charge is 0.340 e. The van der Waals surface area contributed by atoms with E-state index in [0.29, 0.717) is 12.5 Å². The molecule has 1 aromatic rings. The summed E-state index contributed by atoms with van der Waals surface area (Å²) >= 11 is 0. The van der Waals surface area contributed by atoms with E-state index in [0.717, 1.165) is 5.56 Å². The normalized spacial score (nSPS) is 18.9. The Balaban J connectivity index is 1.91. The van der Waals surface area contributed by atoms with Crippen LogP contribution in [-0.4, -0.2) is 29.8 Å². The van der Waals surface area contributed by atoms with Crippen LogP contribution in [0, 0.1) is 5.92 Å². The van der Waals surface area contributed by atoms with Gasteiger partial charge >= 0.3 is 0 Å². The van der Waals surface area contributed by atoms with Gasteiger partial charge in [-0.25, -0.2) is 8.78 Å². The van der Waals surface area contributed by atoms with Crippen LogP contribution in [0.25, 0.3) is 0 Å². The summed E-state index contributed by atoms with van der Waals surface area (Å²) in [7, 11) is 1.66. The predicted octanol–water partition coefficient (Wildman–Crippen LogP) is 3.14. The molecule has 0 aliphatic heterocycles. The third-order valence-corrected chi connectivity index (χ3v) is 4.36. The van der Waals surface area contributed by atoms with Crippen molar-refractivity contribution in [2.45, 2.75) is 51.1 Å². The van der Waals surface area contributed by atoms with Gasteiger partial charge in [-0.15, -0.1) is 0 Å². The summed E-state index contributed by atoms with van der Waals surface area (Å²) in [6, 6.07) is 7.24. The number of amides is 1. The molecule has 122 valence electrons. The summed E-state index contributed by atoms with van der Waals surface area (Å²) in [5.41, 5.74) is 8.09. The van der Waals surface area contributed by atoms with E-state index in [1.54, 1.807) is 7.05 Å². The standard InChI is InChI=1S/C17H24F2N2O/c1-11(2)13-6-4-12(5-7-13)10-21(3)16(22)15(20)14-8-17(18,19)9-14/h4-7,11,14-15H,8-10,20H2,1-3H3. The van der Waals surface area contributed by atoms with Crippen LogP contribution in [-0.2, 0) is 11.3 Å². The van der Waals surface area contributed by atoms with Crippen molar-refractivity contribution in [3.05, 3.63) is 35.4 Å². The van der Waals surface area contributed by atoms with Crippen LogP contribution in [0.15, 0.2) is 24.3 Å². The molecule has 0 aromatic heterocycles. The van der Waals surface area contributed by atoms with Crippen molar-refractivity contribution in [3.63, 3.8) is 0 Å². The first-order valence-corrected chi connectivity index (χ1v) is 7.67. The summed E-state index contributed by atoms with van der Waals surface area (Å²) in [5.74, 6) is -2.86. The number of likely N-dealkylation sites (N-methyl/N-ethyl adjacent to an activating group) is 1. The molecule has 22 heavy (non-hydrogen) atoms. The number of rotatable bonds is 5. The zero-order valence-corrected chi connectivity index (χ0v) is 13.4. The van der Waals surface area contributed by atoms with Gasteiger partial charge in [-0.3, -0.25) is 4.79 Å². The molecule has 0 bridgehead atoms. The topological polar surface area (TPSA) is 46.3 Å². The van der Waals surface area contributed by atoms with Crippen molar-refractivity contribution >= 4 is 5.91 Å². The van der Waals surface area contributed by atoms with Gasteiger partial charge in [0, 0.05) is 26.4 Å². The van der Waals surface area contributed by atoms with Crippen LogP contribution in [0.4, 0.5) is 8.78 Å². The number of alkyl halides is 2. The molecule has 5 heteroatoms. The van der Waals surface area contributed by atoms with E-state index in [-0.39, 0.29) is 18.7 Å². The van der Waals surface area contributed by atoms with Gasteiger partial charge in [-0.2, -0.15) is 0 Å². The van der Waals surface area contributed by atoms with E-state index >= 15 is 0 Å². The molecular weight excluding hydrogens is 286 g/mol. The lowest BCUT2D eigenvalue weighted by Crippen LogP contribution is -2.53. The summed E-state index contributed by atoms with van der Waals surface area (Å²) in [4.78, 5) is 13.7. The molecule has 2 N–H and O–H groups in total. The first-order valence-electron chi connectivity index (χ1n) is 7.67. The maximum absolute atomic E-state index is 12.9. The monoisotopic (exact) mass is 310 g/mol. The van der Waals surface area contributed by atoms with Crippen LogP contribution >= 0.6 is 0 Å². The molecule has 1 atom stereocenters. The lowest BCUT2D eigenvalue weighted by atomic mass is 9.76. The van der Waals surface area contributed by atoms with Crippen LogP contribution in [0.1, 0.15) is 43.7 Å². The Bertz CT molecular complexity index is 520. The number of carbonyl (C=O) groups is 1. The molecule has 2 rings (SSSR count). The van der Waals surface area contributed by atoms with Crippen LogP contribution in [0.5, 0.6) is 0 Å². The second kappa shape index (κ2) is 6.32. The van der Waals surface area contributed by atoms with Gasteiger partial charge in [0.2, 0.25) is 11.8 Å². The molecule has 1 unspecified atom stereocenters. The first kappa shape index (κ1) is 16.9. The highest BCUT2D eigenvalue weighted by Gasteiger charge is 2.49. The highest BCUT2D eigenvalue weighted by Crippen LogP contribution is 2.43. The van der Waals surface area contributed by atoms with Crippen LogP contribution in [0.2, 0.25) is 0 Å².